The van der Waals surface area contributed by atoms with Crippen molar-refractivity contribution in [1.82, 2.24) is 5.32 Å². The Labute approximate surface area is 101 Å². The molecule has 0 aliphatic rings. The van der Waals surface area contributed by atoms with E-state index in [0.717, 1.165) is 12.8 Å². The minimum absolute atomic E-state index is 0.109. The van der Waals surface area contributed by atoms with Crippen molar-refractivity contribution in [3.8, 4) is 0 Å². The van der Waals surface area contributed by atoms with Gasteiger partial charge in [-0.25, -0.2) is 4.39 Å². The molecule has 3 nitrogen and oxygen atoms in total. The van der Waals surface area contributed by atoms with E-state index in [1.807, 2.05) is 6.92 Å². The zero-order valence-electron chi connectivity index (χ0n) is 10.0. The first-order valence-electron chi connectivity index (χ1n) is 5.83. The van der Waals surface area contributed by atoms with Gasteiger partial charge >= 0.3 is 5.97 Å². The van der Waals surface area contributed by atoms with E-state index in [1.54, 1.807) is 18.2 Å². The highest BCUT2D eigenvalue weighted by atomic mass is 19.1. The van der Waals surface area contributed by atoms with E-state index in [9.17, 15) is 9.18 Å². The van der Waals surface area contributed by atoms with Crippen molar-refractivity contribution >= 4 is 5.97 Å². The molecule has 0 saturated carbocycles. The lowest BCUT2D eigenvalue weighted by Gasteiger charge is -2.06. The Hall–Kier alpha value is -1.42. The molecule has 0 bridgehead atoms. The number of nitrogens with one attached hydrogen (secondary N) is 1. The number of hydrogen-bond acceptors (Lipinski definition) is 3. The molecule has 1 aromatic rings. The lowest BCUT2D eigenvalue weighted by molar-refractivity contribution is -0.142. The number of esters is 1. The molecule has 1 N–H and O–H groups in total. The predicted molar refractivity (Wildman–Crippen MR) is 64.0 cm³/mol. The van der Waals surface area contributed by atoms with Gasteiger partial charge in [0, 0.05) is 12.1 Å². The van der Waals surface area contributed by atoms with Crippen LogP contribution in [0.5, 0.6) is 0 Å². The van der Waals surface area contributed by atoms with Crippen molar-refractivity contribution < 1.29 is 13.9 Å². The monoisotopic (exact) mass is 239 g/mol. The topological polar surface area (TPSA) is 38.3 Å². The van der Waals surface area contributed by atoms with Crippen molar-refractivity contribution in [2.24, 2.45) is 0 Å². The van der Waals surface area contributed by atoms with Crippen LogP contribution >= 0.6 is 0 Å². The Morgan fingerprint density at radius 2 is 2.18 bits per heavy atom. The molecule has 4 heteroatoms. The fourth-order valence-corrected chi connectivity index (χ4v) is 1.32. The van der Waals surface area contributed by atoms with Crippen molar-refractivity contribution in [1.29, 1.82) is 0 Å². The fourth-order valence-electron chi connectivity index (χ4n) is 1.32. The van der Waals surface area contributed by atoms with Crippen molar-refractivity contribution in [3.63, 3.8) is 0 Å². The molecule has 0 aliphatic heterocycles. The van der Waals surface area contributed by atoms with E-state index in [4.69, 9.17) is 4.74 Å². The minimum atomic E-state index is -0.296. The highest BCUT2D eigenvalue weighted by molar-refractivity contribution is 5.71. The van der Waals surface area contributed by atoms with Crippen LogP contribution in [0.25, 0.3) is 0 Å². The zero-order valence-corrected chi connectivity index (χ0v) is 10.0. The van der Waals surface area contributed by atoms with Crippen LogP contribution in [0.15, 0.2) is 24.3 Å². The third-order valence-corrected chi connectivity index (χ3v) is 2.30. The molecule has 0 heterocycles. The van der Waals surface area contributed by atoms with Gasteiger partial charge in [0.1, 0.15) is 5.82 Å². The van der Waals surface area contributed by atoms with Gasteiger partial charge < -0.3 is 10.1 Å². The van der Waals surface area contributed by atoms with Crippen LogP contribution in [0.4, 0.5) is 4.39 Å². The Bertz CT molecular complexity index is 355. The van der Waals surface area contributed by atoms with Gasteiger partial charge in [0.25, 0.3) is 0 Å². The van der Waals surface area contributed by atoms with Gasteiger partial charge in [0.2, 0.25) is 0 Å². The van der Waals surface area contributed by atoms with E-state index in [-0.39, 0.29) is 18.3 Å². The van der Waals surface area contributed by atoms with Crippen LogP contribution in [0, 0.1) is 5.82 Å². The Kier molecular flexibility index (Phi) is 6.25. The Morgan fingerprint density at radius 1 is 1.41 bits per heavy atom. The number of hydrogen-bond donors (Lipinski definition) is 1. The first kappa shape index (κ1) is 13.6. The van der Waals surface area contributed by atoms with Crippen molar-refractivity contribution in [3.05, 3.63) is 35.6 Å². The van der Waals surface area contributed by atoms with E-state index in [2.05, 4.69) is 5.32 Å². The lowest BCUT2D eigenvalue weighted by Crippen LogP contribution is -2.25. The second-order valence-electron chi connectivity index (χ2n) is 3.77. The van der Waals surface area contributed by atoms with Gasteiger partial charge in [-0.05, 0) is 12.5 Å². The molecule has 0 amide bonds. The standard InChI is InChI=1S/C13H18FNO2/c1-2-3-8-17-13(16)10-15-9-11-6-4-5-7-12(11)14/h4-7,15H,2-3,8-10H2,1H3. The van der Waals surface area contributed by atoms with Crippen molar-refractivity contribution in [2.45, 2.75) is 26.3 Å². The highest BCUT2D eigenvalue weighted by Crippen LogP contribution is 2.05. The summed E-state index contributed by atoms with van der Waals surface area (Å²) in [5.41, 5.74) is 0.550. The maximum atomic E-state index is 13.2. The molecular formula is C13H18FNO2. The van der Waals surface area contributed by atoms with Crippen LogP contribution in [0.1, 0.15) is 25.3 Å². The average molecular weight is 239 g/mol. The molecule has 1 rings (SSSR count). The predicted octanol–water partition coefficient (Wildman–Crippen LogP) is 2.26. The van der Waals surface area contributed by atoms with Gasteiger partial charge in [-0.3, -0.25) is 4.79 Å². The molecule has 0 spiro atoms. The number of carbonyl (C=O) groups is 1. The number of halogens is 1. The second kappa shape index (κ2) is 7.79. The van der Waals surface area contributed by atoms with Crippen LogP contribution in [-0.4, -0.2) is 19.1 Å². The molecule has 17 heavy (non-hydrogen) atoms. The summed E-state index contributed by atoms with van der Waals surface area (Å²) in [6.07, 6.45) is 1.87. The van der Waals surface area contributed by atoms with E-state index >= 15 is 0 Å². The van der Waals surface area contributed by atoms with Gasteiger partial charge in [-0.2, -0.15) is 0 Å². The molecule has 0 aromatic heterocycles. The number of carbonyl (C=O) groups excluding carboxylic acids is 1. The summed E-state index contributed by atoms with van der Waals surface area (Å²) in [6.45, 7) is 2.93. The van der Waals surface area contributed by atoms with Gasteiger partial charge in [0.15, 0.2) is 0 Å². The molecule has 0 aliphatic carbocycles. The van der Waals surface area contributed by atoms with Crippen LogP contribution in [0.2, 0.25) is 0 Å². The summed E-state index contributed by atoms with van der Waals surface area (Å²) < 4.78 is 18.2. The molecule has 94 valence electrons. The summed E-state index contributed by atoms with van der Waals surface area (Å²) in [7, 11) is 0. The van der Waals surface area contributed by atoms with Crippen molar-refractivity contribution in [2.75, 3.05) is 13.2 Å². The normalized spacial score (nSPS) is 10.2. The van der Waals surface area contributed by atoms with Crippen LogP contribution < -0.4 is 5.32 Å². The summed E-state index contributed by atoms with van der Waals surface area (Å²) in [5, 5.41) is 2.85. The number of benzene rings is 1. The first-order valence-corrected chi connectivity index (χ1v) is 5.83. The average Bonchev–Trinajstić information content (AvgIpc) is 2.32. The molecule has 0 atom stereocenters. The van der Waals surface area contributed by atoms with Crippen LogP contribution in [0.3, 0.4) is 0 Å². The summed E-state index contributed by atoms with van der Waals surface area (Å²) in [4.78, 5) is 11.2. The smallest absolute Gasteiger partial charge is 0.319 e. The Morgan fingerprint density at radius 3 is 2.88 bits per heavy atom. The first-order chi connectivity index (χ1) is 8.24. The lowest BCUT2D eigenvalue weighted by atomic mass is 10.2. The fraction of sp³-hybridized carbons (Fsp3) is 0.462. The maximum Gasteiger partial charge on any atom is 0.319 e. The molecule has 0 saturated heterocycles. The van der Waals surface area contributed by atoms with Gasteiger partial charge in [-0.15, -0.1) is 0 Å². The number of ether oxygens (including phenoxy) is 1. The minimum Gasteiger partial charge on any atom is -0.465 e. The molecule has 1 aromatic carbocycles. The van der Waals surface area contributed by atoms with Crippen LogP contribution in [-0.2, 0) is 16.1 Å². The van der Waals surface area contributed by atoms with Gasteiger partial charge in [0.05, 0.1) is 13.2 Å². The van der Waals surface area contributed by atoms with E-state index in [1.165, 1.54) is 6.07 Å². The van der Waals surface area contributed by atoms with Gasteiger partial charge in [-0.1, -0.05) is 31.5 Å². The second-order valence-corrected chi connectivity index (χ2v) is 3.77. The third-order valence-electron chi connectivity index (χ3n) is 2.30. The molecule has 0 unspecified atom stereocenters. The van der Waals surface area contributed by atoms with E-state index in [0.29, 0.717) is 18.7 Å². The molecule has 0 radical (unpaired) electrons. The Balaban J connectivity index is 2.19. The molecular weight excluding hydrogens is 221 g/mol. The third kappa shape index (κ3) is 5.45. The highest BCUT2D eigenvalue weighted by Gasteiger charge is 2.03. The summed E-state index contributed by atoms with van der Waals surface area (Å²) in [5.74, 6) is -0.561. The number of rotatable bonds is 7. The SMILES string of the molecule is CCCCOC(=O)CNCc1ccccc1F. The van der Waals surface area contributed by atoms with E-state index < -0.39 is 0 Å². The summed E-state index contributed by atoms with van der Waals surface area (Å²) >= 11 is 0. The maximum absolute atomic E-state index is 13.2. The quantitative estimate of drug-likeness (QED) is 0.586. The molecule has 0 fully saturated rings. The largest absolute Gasteiger partial charge is 0.465 e. The summed E-state index contributed by atoms with van der Waals surface area (Å²) in [6, 6.07) is 6.48. The number of unbranched alkanes of at least 4 members (excludes halogenated alkanes) is 1. The zero-order chi connectivity index (χ0) is 12.5.